The standard InChI is InChI=1S/C22H24N6O2/c1-13-5-6-18(7-14(13)2)27-11-17(9-21(27)29)22(30)25-19-10-20(24-12-23-19)28-16(4)8-15(3)26-28/h5-8,10,12,17H,9,11H2,1-4H3,(H,23,24,25,30). The summed E-state index contributed by atoms with van der Waals surface area (Å²) in [5, 5.41) is 7.23. The van der Waals surface area contributed by atoms with E-state index in [-0.39, 0.29) is 18.2 Å². The van der Waals surface area contributed by atoms with Gasteiger partial charge in [0.15, 0.2) is 5.82 Å². The van der Waals surface area contributed by atoms with Crippen LogP contribution in [-0.4, -0.2) is 38.1 Å². The van der Waals surface area contributed by atoms with Crippen LogP contribution in [0.5, 0.6) is 0 Å². The zero-order valence-electron chi connectivity index (χ0n) is 17.5. The van der Waals surface area contributed by atoms with Crippen molar-refractivity contribution < 1.29 is 9.59 Å². The summed E-state index contributed by atoms with van der Waals surface area (Å²) in [4.78, 5) is 35.4. The van der Waals surface area contributed by atoms with Crippen LogP contribution in [0.15, 0.2) is 36.7 Å². The summed E-state index contributed by atoms with van der Waals surface area (Å²) in [6.45, 7) is 8.24. The van der Waals surface area contributed by atoms with Gasteiger partial charge in [-0.25, -0.2) is 14.6 Å². The molecule has 1 N–H and O–H groups in total. The van der Waals surface area contributed by atoms with E-state index in [0.717, 1.165) is 22.6 Å². The van der Waals surface area contributed by atoms with E-state index < -0.39 is 5.92 Å². The van der Waals surface area contributed by atoms with Crippen molar-refractivity contribution in [3.63, 3.8) is 0 Å². The molecule has 1 fully saturated rings. The van der Waals surface area contributed by atoms with Gasteiger partial charge in [0.25, 0.3) is 0 Å². The summed E-state index contributed by atoms with van der Waals surface area (Å²) in [7, 11) is 0. The Kier molecular flexibility index (Phi) is 5.07. The topological polar surface area (TPSA) is 93.0 Å². The highest BCUT2D eigenvalue weighted by Crippen LogP contribution is 2.27. The van der Waals surface area contributed by atoms with Crippen molar-refractivity contribution in [2.45, 2.75) is 34.1 Å². The van der Waals surface area contributed by atoms with Gasteiger partial charge in [-0.05, 0) is 57.0 Å². The number of aryl methyl sites for hydroxylation is 4. The van der Waals surface area contributed by atoms with Crippen molar-refractivity contribution >= 4 is 23.3 Å². The number of aromatic nitrogens is 4. The number of benzene rings is 1. The Morgan fingerprint density at radius 3 is 2.57 bits per heavy atom. The molecule has 154 valence electrons. The molecule has 0 bridgehead atoms. The molecule has 8 heteroatoms. The van der Waals surface area contributed by atoms with Crippen LogP contribution in [0.4, 0.5) is 11.5 Å². The summed E-state index contributed by atoms with van der Waals surface area (Å²) in [5.74, 6) is 0.239. The number of anilines is 2. The Labute approximate surface area is 175 Å². The van der Waals surface area contributed by atoms with Crippen LogP contribution >= 0.6 is 0 Å². The average molecular weight is 404 g/mol. The van der Waals surface area contributed by atoms with Gasteiger partial charge in [-0.3, -0.25) is 9.59 Å². The van der Waals surface area contributed by atoms with Gasteiger partial charge >= 0.3 is 0 Å². The van der Waals surface area contributed by atoms with Gasteiger partial charge in [-0.15, -0.1) is 0 Å². The minimum absolute atomic E-state index is 0.0515. The summed E-state index contributed by atoms with van der Waals surface area (Å²) in [6.07, 6.45) is 1.57. The molecule has 0 radical (unpaired) electrons. The second-order valence-corrected chi connectivity index (χ2v) is 7.76. The number of carbonyl (C=O) groups is 2. The Bertz CT molecular complexity index is 1140. The van der Waals surface area contributed by atoms with E-state index in [0.29, 0.717) is 18.2 Å². The molecule has 1 unspecified atom stereocenters. The highest BCUT2D eigenvalue weighted by molar-refractivity contribution is 6.03. The fourth-order valence-electron chi connectivity index (χ4n) is 3.65. The Morgan fingerprint density at radius 2 is 1.87 bits per heavy atom. The van der Waals surface area contributed by atoms with Crippen molar-refractivity contribution in [1.29, 1.82) is 0 Å². The first kappa shape index (κ1) is 19.8. The molecule has 3 heterocycles. The van der Waals surface area contributed by atoms with E-state index in [1.807, 2.05) is 52.0 Å². The average Bonchev–Trinajstić information content (AvgIpc) is 3.26. The van der Waals surface area contributed by atoms with E-state index in [1.165, 1.54) is 11.9 Å². The zero-order chi connectivity index (χ0) is 21.4. The van der Waals surface area contributed by atoms with Crippen LogP contribution in [0.3, 0.4) is 0 Å². The van der Waals surface area contributed by atoms with Gasteiger partial charge in [-0.2, -0.15) is 5.10 Å². The first-order valence-electron chi connectivity index (χ1n) is 9.86. The summed E-state index contributed by atoms with van der Waals surface area (Å²) in [5.41, 5.74) is 4.93. The molecule has 1 aliphatic heterocycles. The second kappa shape index (κ2) is 7.70. The summed E-state index contributed by atoms with van der Waals surface area (Å²) >= 11 is 0. The van der Waals surface area contributed by atoms with E-state index in [9.17, 15) is 9.59 Å². The number of hydrogen-bond acceptors (Lipinski definition) is 5. The molecule has 4 rings (SSSR count). The maximum absolute atomic E-state index is 12.8. The van der Waals surface area contributed by atoms with Gasteiger partial charge in [0.2, 0.25) is 11.8 Å². The van der Waals surface area contributed by atoms with Crippen LogP contribution in [0, 0.1) is 33.6 Å². The number of nitrogens with one attached hydrogen (secondary N) is 1. The maximum Gasteiger partial charge on any atom is 0.230 e. The van der Waals surface area contributed by atoms with E-state index in [2.05, 4.69) is 20.4 Å². The van der Waals surface area contributed by atoms with Crippen LogP contribution in [0.25, 0.3) is 5.82 Å². The predicted molar refractivity (Wildman–Crippen MR) is 114 cm³/mol. The molecule has 0 spiro atoms. The lowest BCUT2D eigenvalue weighted by Gasteiger charge is -2.18. The normalized spacial score (nSPS) is 16.2. The minimum atomic E-state index is -0.439. The molecule has 1 aromatic carbocycles. The molecule has 8 nitrogen and oxygen atoms in total. The first-order valence-corrected chi connectivity index (χ1v) is 9.86. The Morgan fingerprint density at radius 1 is 1.07 bits per heavy atom. The quantitative estimate of drug-likeness (QED) is 0.722. The molecule has 30 heavy (non-hydrogen) atoms. The van der Waals surface area contributed by atoms with Crippen molar-refractivity contribution in [3.05, 3.63) is 59.2 Å². The molecule has 0 saturated carbocycles. The number of amides is 2. The van der Waals surface area contributed by atoms with Crippen molar-refractivity contribution in [2.75, 3.05) is 16.8 Å². The third-order valence-corrected chi connectivity index (χ3v) is 5.43. The minimum Gasteiger partial charge on any atom is -0.312 e. The lowest BCUT2D eigenvalue weighted by atomic mass is 10.1. The van der Waals surface area contributed by atoms with Crippen LogP contribution < -0.4 is 10.2 Å². The highest BCUT2D eigenvalue weighted by Gasteiger charge is 2.35. The van der Waals surface area contributed by atoms with Crippen molar-refractivity contribution in [1.82, 2.24) is 19.7 Å². The molecule has 1 aliphatic rings. The molecule has 3 aromatic rings. The van der Waals surface area contributed by atoms with Crippen molar-refractivity contribution in [3.8, 4) is 5.82 Å². The number of nitrogens with zero attached hydrogens (tertiary/aromatic N) is 5. The Balaban J connectivity index is 1.48. The fraction of sp³-hybridized carbons (Fsp3) is 0.318. The lowest BCUT2D eigenvalue weighted by Crippen LogP contribution is -2.28. The molecule has 0 aliphatic carbocycles. The molecule has 2 amide bonds. The van der Waals surface area contributed by atoms with Crippen LogP contribution in [0.1, 0.15) is 28.9 Å². The first-order chi connectivity index (χ1) is 14.3. The largest absolute Gasteiger partial charge is 0.312 e. The molecule has 2 aromatic heterocycles. The summed E-state index contributed by atoms with van der Waals surface area (Å²) < 4.78 is 1.70. The van der Waals surface area contributed by atoms with E-state index in [1.54, 1.807) is 15.6 Å². The Hall–Kier alpha value is -3.55. The summed E-state index contributed by atoms with van der Waals surface area (Å²) in [6, 6.07) is 9.53. The highest BCUT2D eigenvalue weighted by atomic mass is 16.2. The number of carbonyl (C=O) groups excluding carboxylic acids is 2. The van der Waals surface area contributed by atoms with Crippen LogP contribution in [-0.2, 0) is 9.59 Å². The molecular weight excluding hydrogens is 380 g/mol. The van der Waals surface area contributed by atoms with Gasteiger partial charge in [0.1, 0.15) is 12.1 Å². The third-order valence-electron chi connectivity index (χ3n) is 5.43. The van der Waals surface area contributed by atoms with Gasteiger partial charge in [-0.1, -0.05) is 6.07 Å². The number of hydrogen-bond donors (Lipinski definition) is 1. The molecule has 1 saturated heterocycles. The lowest BCUT2D eigenvalue weighted by molar-refractivity contribution is -0.122. The maximum atomic E-state index is 12.8. The van der Waals surface area contributed by atoms with E-state index >= 15 is 0 Å². The van der Waals surface area contributed by atoms with E-state index in [4.69, 9.17) is 0 Å². The van der Waals surface area contributed by atoms with Crippen LogP contribution in [0.2, 0.25) is 0 Å². The van der Waals surface area contributed by atoms with Gasteiger partial charge in [0, 0.05) is 30.4 Å². The van der Waals surface area contributed by atoms with Gasteiger partial charge in [0.05, 0.1) is 11.6 Å². The molecular formula is C22H24N6O2. The third kappa shape index (κ3) is 3.80. The monoisotopic (exact) mass is 404 g/mol. The molecule has 1 atom stereocenters. The second-order valence-electron chi connectivity index (χ2n) is 7.76. The zero-order valence-corrected chi connectivity index (χ0v) is 17.5. The fourth-order valence-corrected chi connectivity index (χ4v) is 3.65. The SMILES string of the molecule is Cc1cc(C)n(-c2cc(NC(=O)C3CC(=O)N(c4ccc(C)c(C)c4)C3)ncn2)n1. The van der Waals surface area contributed by atoms with Gasteiger partial charge < -0.3 is 10.2 Å². The smallest absolute Gasteiger partial charge is 0.230 e. The van der Waals surface area contributed by atoms with Crippen molar-refractivity contribution in [2.24, 2.45) is 5.92 Å². The number of rotatable bonds is 4. The predicted octanol–water partition coefficient (Wildman–Crippen LogP) is 2.89.